The van der Waals surface area contributed by atoms with Crippen molar-refractivity contribution in [3.05, 3.63) is 24.3 Å². The van der Waals surface area contributed by atoms with Gasteiger partial charge in [0.2, 0.25) is 0 Å². The highest BCUT2D eigenvalue weighted by atomic mass is 32.1. The Hall–Kier alpha value is -1.51. The number of hydrogen-bond acceptors (Lipinski definition) is 3. The number of quaternary nitrogens is 1. The van der Waals surface area contributed by atoms with Crippen LogP contribution in [0.15, 0.2) is 24.3 Å². The second kappa shape index (κ2) is 9.84. The van der Waals surface area contributed by atoms with Gasteiger partial charge in [-0.1, -0.05) is 13.8 Å². The first-order valence-corrected chi connectivity index (χ1v) is 8.88. The van der Waals surface area contributed by atoms with Crippen LogP contribution in [0.3, 0.4) is 0 Å². The molecule has 0 bridgehead atoms. The van der Waals surface area contributed by atoms with Crippen molar-refractivity contribution in [3.8, 4) is 5.75 Å². The summed E-state index contributed by atoms with van der Waals surface area (Å²) in [5.41, 5.74) is 0.704. The SMILES string of the molecule is CC(C)C[NH+]1CCO[C@H](CNC(=S)Nc2ccc(OC(F)F)cc2)C1. The fourth-order valence-electron chi connectivity index (χ4n) is 2.85. The molecule has 1 aromatic carbocycles. The lowest BCUT2D eigenvalue weighted by Gasteiger charge is -2.31. The van der Waals surface area contributed by atoms with Crippen LogP contribution in [0.25, 0.3) is 0 Å². The van der Waals surface area contributed by atoms with Crippen LogP contribution in [0, 0.1) is 5.92 Å². The summed E-state index contributed by atoms with van der Waals surface area (Å²) in [4.78, 5) is 1.56. The first-order chi connectivity index (χ1) is 11.9. The predicted molar refractivity (Wildman–Crippen MR) is 97.4 cm³/mol. The van der Waals surface area contributed by atoms with Crippen LogP contribution in [0.4, 0.5) is 14.5 Å². The van der Waals surface area contributed by atoms with Gasteiger partial charge >= 0.3 is 6.61 Å². The van der Waals surface area contributed by atoms with Crippen molar-refractivity contribution in [1.29, 1.82) is 0 Å². The molecule has 140 valence electrons. The number of rotatable bonds is 7. The second-order valence-corrected chi connectivity index (χ2v) is 6.94. The van der Waals surface area contributed by atoms with Gasteiger partial charge in [0.05, 0.1) is 13.2 Å². The van der Waals surface area contributed by atoms with E-state index in [0.29, 0.717) is 23.3 Å². The zero-order valence-electron chi connectivity index (χ0n) is 14.6. The molecule has 0 radical (unpaired) electrons. The molecule has 0 aliphatic carbocycles. The molecule has 1 unspecified atom stereocenters. The van der Waals surface area contributed by atoms with Crippen molar-refractivity contribution in [2.45, 2.75) is 26.6 Å². The zero-order chi connectivity index (χ0) is 18.2. The summed E-state index contributed by atoms with van der Waals surface area (Å²) in [6.45, 7) is 6.20. The van der Waals surface area contributed by atoms with Crippen molar-refractivity contribution < 1.29 is 23.2 Å². The normalized spacial score (nSPS) is 20.6. The average molecular weight is 374 g/mol. The van der Waals surface area contributed by atoms with Gasteiger partial charge in [-0.2, -0.15) is 8.78 Å². The quantitative estimate of drug-likeness (QED) is 0.632. The van der Waals surface area contributed by atoms with Crippen LogP contribution in [0.2, 0.25) is 0 Å². The van der Waals surface area contributed by atoms with E-state index in [9.17, 15) is 8.78 Å². The number of thiocarbonyl (C=S) groups is 1. The predicted octanol–water partition coefficient (Wildman–Crippen LogP) is 1.51. The third kappa shape index (κ3) is 7.50. The fraction of sp³-hybridized carbons (Fsp3) is 0.588. The molecule has 1 saturated heterocycles. The number of anilines is 1. The maximum absolute atomic E-state index is 12.1. The van der Waals surface area contributed by atoms with Crippen molar-refractivity contribution in [2.75, 3.05) is 38.1 Å². The molecule has 2 atom stereocenters. The van der Waals surface area contributed by atoms with Crippen LogP contribution in [0.5, 0.6) is 5.75 Å². The average Bonchev–Trinajstić information content (AvgIpc) is 2.54. The van der Waals surface area contributed by atoms with Crippen molar-refractivity contribution >= 4 is 23.0 Å². The molecule has 0 amide bonds. The lowest BCUT2D eigenvalue weighted by molar-refractivity contribution is -0.914. The number of hydrogen-bond donors (Lipinski definition) is 3. The second-order valence-electron chi connectivity index (χ2n) is 6.53. The zero-order valence-corrected chi connectivity index (χ0v) is 15.4. The third-order valence-corrected chi connectivity index (χ3v) is 4.10. The summed E-state index contributed by atoms with van der Waals surface area (Å²) in [7, 11) is 0. The van der Waals surface area contributed by atoms with Crippen molar-refractivity contribution in [3.63, 3.8) is 0 Å². The highest BCUT2D eigenvalue weighted by molar-refractivity contribution is 7.80. The van der Waals surface area contributed by atoms with E-state index in [0.717, 1.165) is 26.2 Å². The molecule has 8 heteroatoms. The van der Waals surface area contributed by atoms with Crippen LogP contribution in [0.1, 0.15) is 13.8 Å². The number of benzene rings is 1. The Morgan fingerprint density at radius 2 is 2.08 bits per heavy atom. The first kappa shape index (κ1) is 19.8. The molecule has 0 saturated carbocycles. The van der Waals surface area contributed by atoms with Crippen molar-refractivity contribution in [1.82, 2.24) is 5.32 Å². The van der Waals surface area contributed by atoms with Crippen molar-refractivity contribution in [2.24, 2.45) is 5.92 Å². The molecule has 1 aromatic rings. The molecular weight excluding hydrogens is 348 g/mol. The number of ether oxygens (including phenoxy) is 2. The maximum Gasteiger partial charge on any atom is 0.387 e. The van der Waals surface area contributed by atoms with Gasteiger partial charge in [0.1, 0.15) is 24.9 Å². The molecule has 1 fully saturated rings. The Balaban J connectivity index is 1.73. The number of nitrogens with one attached hydrogen (secondary N) is 3. The Morgan fingerprint density at radius 3 is 2.72 bits per heavy atom. The third-order valence-electron chi connectivity index (χ3n) is 3.85. The summed E-state index contributed by atoms with van der Waals surface area (Å²) in [5, 5.41) is 6.65. The number of halogens is 2. The highest BCUT2D eigenvalue weighted by Crippen LogP contribution is 2.17. The summed E-state index contributed by atoms with van der Waals surface area (Å²) in [5.74, 6) is 0.782. The molecule has 1 aliphatic heterocycles. The van der Waals surface area contributed by atoms with Crippen LogP contribution in [-0.2, 0) is 4.74 Å². The molecule has 5 nitrogen and oxygen atoms in total. The van der Waals surface area contributed by atoms with Gasteiger partial charge in [-0.15, -0.1) is 0 Å². The molecule has 3 N–H and O–H groups in total. The monoisotopic (exact) mass is 374 g/mol. The Bertz CT molecular complexity index is 543. The molecule has 0 spiro atoms. The van der Waals surface area contributed by atoms with E-state index in [1.807, 2.05) is 0 Å². The minimum Gasteiger partial charge on any atom is -0.435 e. The minimum atomic E-state index is -2.82. The molecule has 25 heavy (non-hydrogen) atoms. The first-order valence-electron chi connectivity index (χ1n) is 8.47. The summed E-state index contributed by atoms with van der Waals surface area (Å²) in [6.07, 6.45) is 0.129. The lowest BCUT2D eigenvalue weighted by Crippen LogP contribution is -3.15. The van der Waals surface area contributed by atoms with Gasteiger partial charge in [0, 0.05) is 18.2 Å². The van der Waals surface area contributed by atoms with Gasteiger partial charge in [-0.25, -0.2) is 0 Å². The summed E-state index contributed by atoms with van der Waals surface area (Å²) in [6, 6.07) is 6.21. The largest absolute Gasteiger partial charge is 0.435 e. The Morgan fingerprint density at radius 1 is 1.36 bits per heavy atom. The summed E-state index contributed by atoms with van der Waals surface area (Å²) < 4.78 is 34.3. The van der Waals surface area contributed by atoms with E-state index in [1.54, 1.807) is 17.0 Å². The maximum atomic E-state index is 12.1. The topological polar surface area (TPSA) is 47.0 Å². The Kier molecular flexibility index (Phi) is 7.80. The van der Waals surface area contributed by atoms with E-state index in [-0.39, 0.29) is 11.9 Å². The Labute approximate surface area is 152 Å². The molecular formula is C17H26F2N3O2S+. The number of morpholine rings is 1. The summed E-state index contributed by atoms with van der Waals surface area (Å²) >= 11 is 5.27. The molecule has 1 aliphatic rings. The molecule has 1 heterocycles. The van der Waals surface area contributed by atoms with Gasteiger partial charge in [0.25, 0.3) is 0 Å². The van der Waals surface area contributed by atoms with Gasteiger partial charge in [-0.05, 0) is 36.5 Å². The smallest absolute Gasteiger partial charge is 0.387 e. The standard InChI is InChI=1S/C17H25F2N3O2S/c1-12(2)10-22-7-8-23-15(11-22)9-20-17(25)21-13-3-5-14(6-4-13)24-16(18)19/h3-6,12,15-16H,7-11H2,1-2H3,(H2,20,21,25)/p+1/t15-/m1/s1. The highest BCUT2D eigenvalue weighted by Gasteiger charge is 2.24. The van der Waals surface area contributed by atoms with E-state index in [1.165, 1.54) is 12.1 Å². The fourth-order valence-corrected chi connectivity index (χ4v) is 3.05. The lowest BCUT2D eigenvalue weighted by atomic mass is 10.2. The molecule has 0 aromatic heterocycles. The minimum absolute atomic E-state index is 0.114. The van der Waals surface area contributed by atoms with Gasteiger partial charge in [0.15, 0.2) is 5.11 Å². The van der Waals surface area contributed by atoms with Crippen LogP contribution < -0.4 is 20.3 Å². The van der Waals surface area contributed by atoms with Crippen LogP contribution >= 0.6 is 12.2 Å². The molecule has 2 rings (SSSR count). The van der Waals surface area contributed by atoms with Gasteiger partial charge in [-0.3, -0.25) is 0 Å². The van der Waals surface area contributed by atoms with Crippen LogP contribution in [-0.4, -0.2) is 50.6 Å². The van der Waals surface area contributed by atoms with E-state index < -0.39 is 6.61 Å². The van der Waals surface area contributed by atoms with E-state index >= 15 is 0 Å². The van der Waals surface area contributed by atoms with Gasteiger partial charge < -0.3 is 25.0 Å². The number of alkyl halides is 2. The van der Waals surface area contributed by atoms with E-state index in [4.69, 9.17) is 17.0 Å². The van der Waals surface area contributed by atoms with E-state index in [2.05, 4.69) is 29.2 Å².